The van der Waals surface area contributed by atoms with E-state index in [1.54, 1.807) is 0 Å². The maximum absolute atomic E-state index is 3.96. The number of hydrazine groups is 2. The number of nitrogens with one attached hydrogen (secondary N) is 2. The fourth-order valence-corrected chi connectivity index (χ4v) is 8.60. The van der Waals surface area contributed by atoms with Crippen molar-refractivity contribution in [3.63, 3.8) is 0 Å². The summed E-state index contributed by atoms with van der Waals surface area (Å²) in [5.74, 6) is 0. The molecule has 2 aliphatic heterocycles. The Hall–Kier alpha value is -0.160. The summed E-state index contributed by atoms with van der Waals surface area (Å²) in [5.41, 5.74) is 8.57. The minimum atomic E-state index is 0.322. The molecule has 0 spiro atoms. The lowest BCUT2D eigenvalue weighted by atomic mass is 9.96. The Morgan fingerprint density at radius 1 is 0.265 bits per heavy atom. The highest BCUT2D eigenvalue weighted by Gasteiger charge is 2.52. The molecule has 2 N–H and O–H groups in total. The van der Waals surface area contributed by atoms with Crippen LogP contribution < -0.4 is 10.9 Å². The van der Waals surface area contributed by atoms with Crippen molar-refractivity contribution in [2.45, 2.75) is 277 Å². The number of hydrogen-bond donors (Lipinski definition) is 2. The van der Waals surface area contributed by atoms with Crippen molar-refractivity contribution in [3.8, 4) is 0 Å². The van der Waals surface area contributed by atoms with E-state index in [0.29, 0.717) is 11.3 Å². The summed E-state index contributed by atoms with van der Waals surface area (Å²) in [7, 11) is 0. The molecule has 0 saturated carbocycles. The molecule has 0 aromatic rings. The second kappa shape index (κ2) is 30.3. The van der Waals surface area contributed by atoms with Gasteiger partial charge < -0.3 is 0 Å². The molecule has 2 aliphatic rings. The molecule has 2 heterocycles. The van der Waals surface area contributed by atoms with Crippen LogP contribution in [0.5, 0.6) is 0 Å². The van der Waals surface area contributed by atoms with Crippen LogP contribution in [0.1, 0.15) is 265 Å². The van der Waals surface area contributed by atoms with E-state index in [0.717, 1.165) is 0 Å². The molecular formula is C45H92N4. The molecule has 0 amide bonds. The van der Waals surface area contributed by atoms with E-state index >= 15 is 0 Å². The van der Waals surface area contributed by atoms with Gasteiger partial charge in [-0.05, 0) is 32.1 Å². The Morgan fingerprint density at radius 3 is 0.694 bits per heavy atom. The molecule has 2 fully saturated rings. The summed E-state index contributed by atoms with van der Waals surface area (Å²) in [5, 5.41) is 5.36. The fourth-order valence-electron chi connectivity index (χ4n) is 8.60. The Kier molecular flexibility index (Phi) is 27.8. The summed E-state index contributed by atoms with van der Waals surface area (Å²) in [6, 6.07) is 0. The van der Waals surface area contributed by atoms with E-state index in [1.807, 2.05) is 0 Å². The second-order valence-corrected chi connectivity index (χ2v) is 16.8. The van der Waals surface area contributed by atoms with Crippen LogP contribution in [0, 0.1) is 0 Å². The van der Waals surface area contributed by atoms with Crippen LogP contribution >= 0.6 is 0 Å². The molecule has 0 aromatic carbocycles. The minimum Gasteiger partial charge on any atom is -0.232 e. The minimum absolute atomic E-state index is 0.322. The maximum atomic E-state index is 3.96. The van der Waals surface area contributed by atoms with Crippen molar-refractivity contribution in [3.05, 3.63) is 0 Å². The standard InChI is InChI=1S/C45H92N4/c1-5-9-13-17-21-25-29-33-38-44(39-34-30-26-22-18-14-10-6-2)46-48(44)42-37-43-49-45(47-49,40-35-31-27-23-19-15-11-7-3)41-36-32-28-24-20-16-12-8-4/h46-47H,5-43H2,1-4H3. The molecule has 2 saturated heterocycles. The van der Waals surface area contributed by atoms with Crippen LogP contribution in [-0.4, -0.2) is 34.4 Å². The molecule has 0 aromatic heterocycles. The van der Waals surface area contributed by atoms with Gasteiger partial charge in [0.05, 0.1) is 11.3 Å². The maximum Gasteiger partial charge on any atom is 0.0974 e. The Morgan fingerprint density at radius 2 is 0.469 bits per heavy atom. The van der Waals surface area contributed by atoms with Gasteiger partial charge in [-0.3, -0.25) is 0 Å². The van der Waals surface area contributed by atoms with Crippen molar-refractivity contribution in [2.24, 2.45) is 0 Å². The Labute approximate surface area is 309 Å². The van der Waals surface area contributed by atoms with Crippen molar-refractivity contribution < 1.29 is 0 Å². The highest BCUT2D eigenvalue weighted by molar-refractivity contribution is 5.00. The molecule has 0 aliphatic carbocycles. The van der Waals surface area contributed by atoms with Crippen LogP contribution in [0.4, 0.5) is 0 Å². The van der Waals surface area contributed by atoms with Crippen molar-refractivity contribution in [1.82, 2.24) is 20.9 Å². The normalized spacial score (nSPS) is 19.1. The molecule has 4 heteroatoms. The Balaban J connectivity index is 1.74. The van der Waals surface area contributed by atoms with Crippen LogP contribution in [-0.2, 0) is 0 Å². The first-order chi connectivity index (χ1) is 24.2. The smallest absolute Gasteiger partial charge is 0.0974 e. The summed E-state index contributed by atoms with van der Waals surface area (Å²) < 4.78 is 0. The third-order valence-electron chi connectivity index (χ3n) is 12.2. The predicted octanol–water partition coefficient (Wildman–Crippen LogP) is 14.5. The van der Waals surface area contributed by atoms with Crippen molar-refractivity contribution in [2.75, 3.05) is 13.1 Å². The van der Waals surface area contributed by atoms with Gasteiger partial charge in [-0.25, -0.2) is 20.9 Å². The molecule has 4 nitrogen and oxygen atoms in total. The number of nitrogens with zero attached hydrogens (tertiary/aromatic N) is 2. The second-order valence-electron chi connectivity index (χ2n) is 16.8. The topological polar surface area (TPSA) is 49.9 Å². The largest absolute Gasteiger partial charge is 0.232 e. The molecule has 292 valence electrons. The third kappa shape index (κ3) is 21.8. The SMILES string of the molecule is CCCCCCCCCCC1(CCCCCCCCCC)NN1CCCN1NC1(CCCCCCCCCC)CCCCCCCCCC. The first-order valence-electron chi connectivity index (χ1n) is 23.3. The van der Waals surface area contributed by atoms with E-state index in [4.69, 9.17) is 0 Å². The summed E-state index contributed by atoms with van der Waals surface area (Å²) in [6.07, 6.45) is 52.3. The zero-order valence-electron chi connectivity index (χ0n) is 34.5. The van der Waals surface area contributed by atoms with Crippen molar-refractivity contribution in [1.29, 1.82) is 0 Å². The molecule has 2 atom stereocenters. The number of rotatable bonds is 40. The van der Waals surface area contributed by atoms with Gasteiger partial charge in [0.1, 0.15) is 0 Å². The first kappa shape index (κ1) is 45.0. The molecule has 49 heavy (non-hydrogen) atoms. The highest BCUT2D eigenvalue weighted by atomic mass is 15.8. The van der Waals surface area contributed by atoms with Gasteiger partial charge in [0.25, 0.3) is 0 Å². The average Bonchev–Trinajstić information content (AvgIpc) is 4.00. The lowest BCUT2D eigenvalue weighted by molar-refractivity contribution is 0.303. The molecule has 0 bridgehead atoms. The molecular weight excluding hydrogens is 597 g/mol. The first-order valence-corrected chi connectivity index (χ1v) is 23.3. The van der Waals surface area contributed by atoms with Gasteiger partial charge in [0.2, 0.25) is 0 Å². The number of hydrogen-bond acceptors (Lipinski definition) is 4. The predicted molar refractivity (Wildman–Crippen MR) is 219 cm³/mol. The number of unbranched alkanes of at least 4 members (excludes halogenated alkanes) is 28. The Bertz CT molecular complexity index is 612. The summed E-state index contributed by atoms with van der Waals surface area (Å²) >= 11 is 0. The molecule has 2 unspecified atom stereocenters. The van der Waals surface area contributed by atoms with Gasteiger partial charge in [0, 0.05) is 13.1 Å². The fraction of sp³-hybridized carbons (Fsp3) is 1.00. The summed E-state index contributed by atoms with van der Waals surface area (Å²) in [4.78, 5) is 0. The van der Waals surface area contributed by atoms with E-state index in [1.165, 1.54) is 251 Å². The van der Waals surface area contributed by atoms with Gasteiger partial charge >= 0.3 is 0 Å². The van der Waals surface area contributed by atoms with Crippen LogP contribution in [0.3, 0.4) is 0 Å². The van der Waals surface area contributed by atoms with Crippen LogP contribution in [0.25, 0.3) is 0 Å². The van der Waals surface area contributed by atoms with Gasteiger partial charge in [-0.1, -0.05) is 233 Å². The van der Waals surface area contributed by atoms with Crippen LogP contribution in [0.2, 0.25) is 0 Å². The van der Waals surface area contributed by atoms with E-state index in [2.05, 4.69) is 48.6 Å². The molecule has 0 radical (unpaired) electrons. The molecule has 2 rings (SSSR count). The van der Waals surface area contributed by atoms with Crippen molar-refractivity contribution >= 4 is 0 Å². The average molecular weight is 689 g/mol. The van der Waals surface area contributed by atoms with Gasteiger partial charge in [-0.15, -0.1) is 0 Å². The highest BCUT2D eigenvalue weighted by Crippen LogP contribution is 2.39. The zero-order chi connectivity index (χ0) is 35.1. The van der Waals surface area contributed by atoms with E-state index < -0.39 is 0 Å². The quantitative estimate of drug-likeness (QED) is 0.0497. The van der Waals surface area contributed by atoms with Gasteiger partial charge in [0.15, 0.2) is 0 Å². The van der Waals surface area contributed by atoms with E-state index in [9.17, 15) is 0 Å². The van der Waals surface area contributed by atoms with Crippen LogP contribution in [0.15, 0.2) is 0 Å². The zero-order valence-corrected chi connectivity index (χ0v) is 34.5. The van der Waals surface area contributed by atoms with Gasteiger partial charge in [-0.2, -0.15) is 0 Å². The summed E-state index contributed by atoms with van der Waals surface area (Å²) in [6.45, 7) is 11.7. The monoisotopic (exact) mass is 689 g/mol. The lowest BCUT2D eigenvalue weighted by Crippen LogP contribution is -2.23. The lowest BCUT2D eigenvalue weighted by Gasteiger charge is -2.17. The third-order valence-corrected chi connectivity index (χ3v) is 12.2. The van der Waals surface area contributed by atoms with E-state index in [-0.39, 0.29) is 0 Å².